The molecule has 1 amide bonds. The van der Waals surface area contributed by atoms with Gasteiger partial charge in [0.2, 0.25) is 0 Å². The third-order valence-corrected chi connectivity index (χ3v) is 2.28. The van der Waals surface area contributed by atoms with Crippen LogP contribution in [0.3, 0.4) is 0 Å². The van der Waals surface area contributed by atoms with Crippen LogP contribution in [0.4, 0.5) is 13.2 Å². The number of alkyl halides is 3. The third kappa shape index (κ3) is 2.54. The molecule has 2 atom stereocenters. The average Bonchev–Trinajstić information content (AvgIpc) is 2.59. The number of nitrogens with two attached hydrogens (primary N) is 1. The van der Waals surface area contributed by atoms with Gasteiger partial charge in [0.15, 0.2) is 11.4 Å². The highest BCUT2D eigenvalue weighted by atomic mass is 19.4. The number of hydrogen-bond acceptors (Lipinski definition) is 4. The van der Waals surface area contributed by atoms with Crippen LogP contribution in [0.2, 0.25) is 0 Å². The van der Waals surface area contributed by atoms with Crippen LogP contribution < -0.4 is 5.73 Å². The molecule has 96 valence electrons. The molecule has 1 aromatic heterocycles. The van der Waals surface area contributed by atoms with Crippen molar-refractivity contribution in [3.63, 3.8) is 0 Å². The molecule has 2 unspecified atom stereocenters. The monoisotopic (exact) mass is 252 g/mol. The Balaban J connectivity index is 3.38. The quantitative estimate of drug-likeness (QED) is 0.810. The lowest BCUT2D eigenvalue weighted by atomic mass is 10.2. The molecular formula is C8H11F3N4O2. The van der Waals surface area contributed by atoms with Gasteiger partial charge >= 0.3 is 6.18 Å². The summed E-state index contributed by atoms with van der Waals surface area (Å²) in [6.07, 6.45) is -5.91. The molecule has 0 aliphatic carbocycles. The van der Waals surface area contributed by atoms with Gasteiger partial charge in [-0.25, -0.2) is 4.68 Å². The second-order valence-electron chi connectivity index (χ2n) is 3.57. The molecule has 0 aromatic carbocycles. The second-order valence-corrected chi connectivity index (χ2v) is 3.57. The fourth-order valence-electron chi connectivity index (χ4n) is 1.21. The van der Waals surface area contributed by atoms with E-state index in [4.69, 9.17) is 5.73 Å². The Morgan fingerprint density at radius 1 is 1.47 bits per heavy atom. The molecule has 0 bridgehead atoms. The van der Waals surface area contributed by atoms with E-state index in [0.29, 0.717) is 4.68 Å². The highest BCUT2D eigenvalue weighted by Crippen LogP contribution is 2.32. The van der Waals surface area contributed by atoms with Gasteiger partial charge in [0.25, 0.3) is 5.91 Å². The lowest BCUT2D eigenvalue weighted by Gasteiger charge is -2.18. The number of carbonyl (C=O) groups is 1. The number of halogens is 3. The zero-order valence-corrected chi connectivity index (χ0v) is 9.06. The number of aromatic nitrogens is 3. The van der Waals surface area contributed by atoms with Gasteiger partial charge in [0, 0.05) is 0 Å². The molecule has 1 aromatic rings. The van der Waals surface area contributed by atoms with E-state index in [1.165, 1.54) is 13.8 Å². The summed E-state index contributed by atoms with van der Waals surface area (Å²) in [7, 11) is 0. The van der Waals surface area contributed by atoms with Crippen molar-refractivity contribution in [1.29, 1.82) is 0 Å². The Morgan fingerprint density at radius 2 is 2.00 bits per heavy atom. The van der Waals surface area contributed by atoms with Crippen molar-refractivity contribution in [2.45, 2.75) is 32.2 Å². The smallest absolute Gasteiger partial charge is 0.391 e. The predicted octanol–water partition coefficient (Wildman–Crippen LogP) is 0.338. The zero-order chi connectivity index (χ0) is 13.4. The van der Waals surface area contributed by atoms with Gasteiger partial charge in [0.1, 0.15) is 0 Å². The molecule has 0 radical (unpaired) electrons. The molecule has 0 fully saturated rings. The minimum Gasteiger partial charge on any atom is -0.391 e. The Kier molecular flexibility index (Phi) is 3.41. The number of primary amides is 1. The van der Waals surface area contributed by atoms with Crippen molar-refractivity contribution in [1.82, 2.24) is 15.0 Å². The van der Waals surface area contributed by atoms with Crippen molar-refractivity contribution in [3.8, 4) is 0 Å². The lowest BCUT2D eigenvalue weighted by Crippen LogP contribution is -2.27. The van der Waals surface area contributed by atoms with E-state index < -0.39 is 35.6 Å². The van der Waals surface area contributed by atoms with Crippen molar-refractivity contribution >= 4 is 5.91 Å². The molecular weight excluding hydrogens is 241 g/mol. The number of aliphatic hydroxyl groups is 1. The van der Waals surface area contributed by atoms with E-state index in [1.807, 2.05) is 0 Å². The maximum Gasteiger partial charge on any atom is 0.435 e. The number of rotatable bonds is 3. The molecule has 0 aliphatic heterocycles. The normalized spacial score (nSPS) is 15.6. The van der Waals surface area contributed by atoms with E-state index in [0.717, 1.165) is 0 Å². The van der Waals surface area contributed by atoms with E-state index in [1.54, 1.807) is 0 Å². The van der Waals surface area contributed by atoms with Crippen molar-refractivity contribution in [3.05, 3.63) is 11.4 Å². The van der Waals surface area contributed by atoms with Crippen molar-refractivity contribution in [2.75, 3.05) is 0 Å². The van der Waals surface area contributed by atoms with Crippen molar-refractivity contribution in [2.24, 2.45) is 5.73 Å². The molecule has 1 heterocycles. The molecule has 6 nitrogen and oxygen atoms in total. The Morgan fingerprint density at radius 3 is 2.35 bits per heavy atom. The first-order chi connectivity index (χ1) is 7.66. The topological polar surface area (TPSA) is 94.0 Å². The summed E-state index contributed by atoms with van der Waals surface area (Å²) in [6.45, 7) is 2.62. The summed E-state index contributed by atoms with van der Waals surface area (Å²) in [5.41, 5.74) is 2.48. The van der Waals surface area contributed by atoms with Gasteiger partial charge in [-0.3, -0.25) is 4.79 Å². The predicted molar refractivity (Wildman–Crippen MR) is 49.9 cm³/mol. The highest BCUT2D eigenvalue weighted by Gasteiger charge is 2.42. The van der Waals surface area contributed by atoms with E-state index in [2.05, 4.69) is 10.3 Å². The minimum absolute atomic E-state index is 0.449. The van der Waals surface area contributed by atoms with Crippen LogP contribution in [0.1, 0.15) is 36.1 Å². The SMILES string of the molecule is CC(O)C(C)n1nnc(C(N)=O)c1C(F)(F)F. The van der Waals surface area contributed by atoms with Gasteiger partial charge in [-0.2, -0.15) is 13.2 Å². The maximum atomic E-state index is 12.7. The average molecular weight is 252 g/mol. The number of aliphatic hydroxyl groups excluding tert-OH is 1. The molecule has 3 N–H and O–H groups in total. The zero-order valence-electron chi connectivity index (χ0n) is 9.06. The summed E-state index contributed by atoms with van der Waals surface area (Å²) in [4.78, 5) is 10.8. The first-order valence-corrected chi connectivity index (χ1v) is 4.66. The standard InChI is InChI=1S/C8H11F3N4O2/c1-3(4(2)16)15-6(8(9,10)11)5(7(12)17)13-14-15/h3-4,16H,1-2H3,(H2,12,17). The lowest BCUT2D eigenvalue weighted by molar-refractivity contribution is -0.145. The van der Waals surface area contributed by atoms with Crippen molar-refractivity contribution < 1.29 is 23.1 Å². The molecule has 0 spiro atoms. The van der Waals surface area contributed by atoms with Crippen LogP contribution in [0.25, 0.3) is 0 Å². The van der Waals surface area contributed by atoms with Gasteiger partial charge < -0.3 is 10.8 Å². The van der Waals surface area contributed by atoms with E-state index in [-0.39, 0.29) is 0 Å². The molecule has 1 rings (SSSR count). The van der Waals surface area contributed by atoms with Crippen LogP contribution in [-0.2, 0) is 6.18 Å². The van der Waals surface area contributed by atoms with E-state index >= 15 is 0 Å². The fraction of sp³-hybridized carbons (Fsp3) is 0.625. The van der Waals surface area contributed by atoms with Gasteiger partial charge in [-0.1, -0.05) is 5.21 Å². The number of hydrogen-bond donors (Lipinski definition) is 2. The van der Waals surface area contributed by atoms with E-state index in [9.17, 15) is 23.1 Å². The number of nitrogens with zero attached hydrogens (tertiary/aromatic N) is 3. The van der Waals surface area contributed by atoms with Gasteiger partial charge in [-0.05, 0) is 13.8 Å². The summed E-state index contributed by atoms with van der Waals surface area (Å²) < 4.78 is 38.7. The summed E-state index contributed by atoms with van der Waals surface area (Å²) in [5, 5.41) is 15.5. The van der Waals surface area contributed by atoms with Gasteiger partial charge in [-0.15, -0.1) is 5.10 Å². The molecule has 0 saturated carbocycles. The second kappa shape index (κ2) is 4.32. The van der Waals surface area contributed by atoms with Crippen LogP contribution >= 0.6 is 0 Å². The summed E-state index contributed by atoms with van der Waals surface area (Å²) in [6, 6.07) is -0.979. The van der Waals surface area contributed by atoms with Crippen LogP contribution in [0.5, 0.6) is 0 Å². The number of carbonyl (C=O) groups excluding carboxylic acids is 1. The fourth-order valence-corrected chi connectivity index (χ4v) is 1.21. The molecule has 0 aliphatic rings. The first-order valence-electron chi connectivity index (χ1n) is 4.66. The van der Waals surface area contributed by atoms with Crippen LogP contribution in [0.15, 0.2) is 0 Å². The third-order valence-electron chi connectivity index (χ3n) is 2.28. The minimum atomic E-state index is -4.82. The van der Waals surface area contributed by atoms with Gasteiger partial charge in [0.05, 0.1) is 12.1 Å². The Bertz CT molecular complexity index is 427. The maximum absolute atomic E-state index is 12.7. The largest absolute Gasteiger partial charge is 0.435 e. The Labute approximate surface area is 94.2 Å². The highest BCUT2D eigenvalue weighted by molar-refractivity contribution is 5.91. The first kappa shape index (κ1) is 13.4. The van der Waals surface area contributed by atoms with Crippen LogP contribution in [-0.4, -0.2) is 32.1 Å². The number of amides is 1. The Hall–Kier alpha value is -1.64. The van der Waals surface area contributed by atoms with Crippen LogP contribution in [0, 0.1) is 0 Å². The summed E-state index contributed by atoms with van der Waals surface area (Å²) >= 11 is 0. The molecule has 9 heteroatoms. The molecule has 0 saturated heterocycles. The molecule has 17 heavy (non-hydrogen) atoms. The summed E-state index contributed by atoms with van der Waals surface area (Å²) in [5.74, 6) is -1.32.